The van der Waals surface area contributed by atoms with Crippen molar-refractivity contribution >= 4 is 11.7 Å². The number of rotatable bonds is 6. The molecule has 0 aromatic heterocycles. The molecule has 5 heteroatoms. The molecule has 5 nitrogen and oxygen atoms in total. The van der Waals surface area contributed by atoms with Gasteiger partial charge < -0.3 is 20.1 Å². The third-order valence-electron chi connectivity index (χ3n) is 3.29. The topological polar surface area (TPSA) is 59.6 Å². The van der Waals surface area contributed by atoms with Crippen molar-refractivity contribution in [2.24, 2.45) is 0 Å². The zero-order valence-electron chi connectivity index (χ0n) is 13.6. The maximum Gasteiger partial charge on any atom is 0.319 e. The highest BCUT2D eigenvalue weighted by Gasteiger charge is 2.09. The first-order valence-corrected chi connectivity index (χ1v) is 7.48. The van der Waals surface area contributed by atoms with Crippen LogP contribution < -0.4 is 20.1 Å². The normalized spacial score (nSPS) is 11.4. The number of amides is 2. The number of ether oxygens (including phenoxy) is 2. The van der Waals surface area contributed by atoms with Gasteiger partial charge in [-0.2, -0.15) is 0 Å². The number of carbonyl (C=O) groups is 1. The summed E-state index contributed by atoms with van der Waals surface area (Å²) < 4.78 is 10.8. The van der Waals surface area contributed by atoms with Gasteiger partial charge >= 0.3 is 6.03 Å². The average molecular weight is 314 g/mol. The average Bonchev–Trinajstić information content (AvgIpc) is 2.54. The van der Waals surface area contributed by atoms with Crippen molar-refractivity contribution in [3.05, 3.63) is 54.1 Å². The molecule has 2 N–H and O–H groups in total. The molecule has 1 unspecified atom stereocenters. The fourth-order valence-corrected chi connectivity index (χ4v) is 2.07. The summed E-state index contributed by atoms with van der Waals surface area (Å²) in [5.74, 6) is 1.52. The molecular formula is C18H22N2O3. The van der Waals surface area contributed by atoms with Crippen LogP contribution in [-0.2, 0) is 0 Å². The van der Waals surface area contributed by atoms with Gasteiger partial charge in [-0.1, -0.05) is 24.3 Å². The van der Waals surface area contributed by atoms with E-state index in [9.17, 15) is 4.79 Å². The highest BCUT2D eigenvalue weighted by Crippen LogP contribution is 2.17. The summed E-state index contributed by atoms with van der Waals surface area (Å²) in [5.41, 5.74) is 1.74. The minimum atomic E-state index is -0.279. The molecular weight excluding hydrogens is 292 g/mol. The second kappa shape index (κ2) is 8.08. The monoisotopic (exact) mass is 314 g/mol. The molecule has 0 aliphatic carbocycles. The molecule has 2 aromatic carbocycles. The smallest absolute Gasteiger partial charge is 0.319 e. The van der Waals surface area contributed by atoms with Crippen molar-refractivity contribution in [3.8, 4) is 11.5 Å². The fourth-order valence-electron chi connectivity index (χ4n) is 2.07. The zero-order chi connectivity index (χ0) is 16.7. The number of para-hydroxylation sites is 1. The summed E-state index contributed by atoms with van der Waals surface area (Å²) >= 11 is 0. The summed E-state index contributed by atoms with van der Waals surface area (Å²) in [6.45, 7) is 4.28. The number of aryl methyl sites for hydroxylation is 1. The first-order chi connectivity index (χ1) is 11.1. The highest BCUT2D eigenvalue weighted by atomic mass is 16.5. The standard InChI is InChI=1S/C18H22N2O3/c1-13-7-4-5-10-17(13)23-12-14(2)19-18(21)20-15-8-6-9-16(11-15)22-3/h4-11,14H,12H2,1-3H3,(H2,19,20,21). The number of urea groups is 1. The molecule has 0 saturated carbocycles. The molecule has 0 radical (unpaired) electrons. The van der Waals surface area contributed by atoms with Crippen molar-refractivity contribution in [2.75, 3.05) is 19.0 Å². The molecule has 0 bridgehead atoms. The van der Waals surface area contributed by atoms with Crippen molar-refractivity contribution < 1.29 is 14.3 Å². The Morgan fingerprint density at radius 2 is 1.96 bits per heavy atom. The molecule has 0 aliphatic heterocycles. The molecule has 23 heavy (non-hydrogen) atoms. The second-order valence-corrected chi connectivity index (χ2v) is 5.31. The Morgan fingerprint density at radius 3 is 2.70 bits per heavy atom. The summed E-state index contributed by atoms with van der Waals surface area (Å²) in [5, 5.41) is 5.61. The Kier molecular flexibility index (Phi) is 5.86. The van der Waals surface area contributed by atoms with Gasteiger partial charge in [0, 0.05) is 11.8 Å². The Bertz CT molecular complexity index is 658. The van der Waals surface area contributed by atoms with E-state index in [1.807, 2.05) is 50.2 Å². The lowest BCUT2D eigenvalue weighted by Gasteiger charge is -2.16. The number of nitrogens with one attached hydrogen (secondary N) is 2. The highest BCUT2D eigenvalue weighted by molar-refractivity contribution is 5.89. The fraction of sp³-hybridized carbons (Fsp3) is 0.278. The van der Waals surface area contributed by atoms with Crippen molar-refractivity contribution in [1.82, 2.24) is 5.32 Å². The number of anilines is 1. The maximum atomic E-state index is 12.0. The van der Waals surface area contributed by atoms with Crippen LogP contribution in [0, 0.1) is 6.92 Å². The number of hydrogen-bond acceptors (Lipinski definition) is 3. The van der Waals surface area contributed by atoms with E-state index >= 15 is 0 Å². The molecule has 2 aromatic rings. The number of hydrogen-bond donors (Lipinski definition) is 2. The van der Waals surface area contributed by atoms with E-state index in [-0.39, 0.29) is 12.1 Å². The number of methoxy groups -OCH3 is 1. The summed E-state index contributed by atoms with van der Waals surface area (Å²) in [6.07, 6.45) is 0. The Labute approximate surface area is 136 Å². The lowest BCUT2D eigenvalue weighted by molar-refractivity contribution is 0.236. The van der Waals surface area contributed by atoms with Crippen LogP contribution in [0.25, 0.3) is 0 Å². The van der Waals surface area contributed by atoms with Gasteiger partial charge in [0.1, 0.15) is 18.1 Å². The first kappa shape index (κ1) is 16.7. The van der Waals surface area contributed by atoms with E-state index in [2.05, 4.69) is 10.6 Å². The number of benzene rings is 2. The molecule has 2 amide bonds. The van der Waals surface area contributed by atoms with Crippen LogP contribution in [0.1, 0.15) is 12.5 Å². The largest absolute Gasteiger partial charge is 0.497 e. The summed E-state index contributed by atoms with van der Waals surface area (Å²) in [6, 6.07) is 14.6. The van der Waals surface area contributed by atoms with Crippen molar-refractivity contribution in [2.45, 2.75) is 19.9 Å². The Hall–Kier alpha value is -2.69. The molecule has 1 atom stereocenters. The molecule has 122 valence electrons. The molecule has 0 saturated heterocycles. The summed E-state index contributed by atoms with van der Waals surface area (Å²) in [4.78, 5) is 12.0. The SMILES string of the molecule is COc1cccc(NC(=O)NC(C)COc2ccccc2C)c1. The van der Waals surface area contributed by atoms with Crippen molar-refractivity contribution in [1.29, 1.82) is 0 Å². The van der Waals surface area contributed by atoms with Gasteiger partial charge in [0.2, 0.25) is 0 Å². The van der Waals surface area contributed by atoms with Crippen LogP contribution in [0.3, 0.4) is 0 Å². The first-order valence-electron chi connectivity index (χ1n) is 7.48. The molecule has 0 heterocycles. The lowest BCUT2D eigenvalue weighted by Crippen LogP contribution is -2.39. The van der Waals surface area contributed by atoms with Crippen LogP contribution in [0.15, 0.2) is 48.5 Å². The van der Waals surface area contributed by atoms with Gasteiger partial charge in [0.15, 0.2) is 0 Å². The van der Waals surface area contributed by atoms with E-state index in [0.29, 0.717) is 18.0 Å². The van der Waals surface area contributed by atoms with Gasteiger partial charge in [-0.15, -0.1) is 0 Å². The van der Waals surface area contributed by atoms with Gasteiger partial charge in [-0.3, -0.25) is 0 Å². The van der Waals surface area contributed by atoms with E-state index in [0.717, 1.165) is 11.3 Å². The van der Waals surface area contributed by atoms with Crippen LogP contribution in [0.4, 0.5) is 10.5 Å². The second-order valence-electron chi connectivity index (χ2n) is 5.31. The van der Waals surface area contributed by atoms with Gasteiger partial charge in [0.25, 0.3) is 0 Å². The molecule has 2 rings (SSSR count). The Morgan fingerprint density at radius 1 is 1.17 bits per heavy atom. The zero-order valence-corrected chi connectivity index (χ0v) is 13.6. The van der Waals surface area contributed by atoms with Crippen LogP contribution in [-0.4, -0.2) is 25.8 Å². The van der Waals surface area contributed by atoms with E-state index < -0.39 is 0 Å². The Balaban J connectivity index is 1.81. The van der Waals surface area contributed by atoms with E-state index in [4.69, 9.17) is 9.47 Å². The predicted octanol–water partition coefficient (Wildman–Crippen LogP) is 3.59. The van der Waals surface area contributed by atoms with Crippen LogP contribution >= 0.6 is 0 Å². The predicted molar refractivity (Wildman–Crippen MR) is 91.3 cm³/mol. The minimum absolute atomic E-state index is 0.125. The lowest BCUT2D eigenvalue weighted by atomic mass is 10.2. The quantitative estimate of drug-likeness (QED) is 0.856. The maximum absolute atomic E-state index is 12.0. The summed E-state index contributed by atoms with van der Waals surface area (Å²) in [7, 11) is 1.59. The van der Waals surface area contributed by atoms with Crippen molar-refractivity contribution in [3.63, 3.8) is 0 Å². The van der Waals surface area contributed by atoms with Crippen LogP contribution in [0.2, 0.25) is 0 Å². The van der Waals surface area contributed by atoms with Crippen LogP contribution in [0.5, 0.6) is 11.5 Å². The third kappa shape index (κ3) is 5.21. The number of carbonyl (C=O) groups excluding carboxylic acids is 1. The van der Waals surface area contributed by atoms with E-state index in [1.165, 1.54) is 0 Å². The van der Waals surface area contributed by atoms with Gasteiger partial charge in [-0.25, -0.2) is 4.79 Å². The third-order valence-corrected chi connectivity index (χ3v) is 3.29. The molecule has 0 spiro atoms. The van der Waals surface area contributed by atoms with Gasteiger partial charge in [0.05, 0.1) is 13.2 Å². The molecule has 0 fully saturated rings. The van der Waals surface area contributed by atoms with E-state index in [1.54, 1.807) is 19.2 Å². The minimum Gasteiger partial charge on any atom is -0.497 e. The van der Waals surface area contributed by atoms with Gasteiger partial charge in [-0.05, 0) is 37.6 Å². The molecule has 0 aliphatic rings.